The van der Waals surface area contributed by atoms with E-state index in [4.69, 9.17) is 11.6 Å². The molecule has 0 amide bonds. The summed E-state index contributed by atoms with van der Waals surface area (Å²) in [6.07, 6.45) is 0. The smallest absolute Gasteiger partial charge is 0.205 e. The monoisotopic (exact) mass is 247 g/mol. The van der Waals surface area contributed by atoms with E-state index in [1.807, 2.05) is 18.9 Å². The van der Waals surface area contributed by atoms with Crippen molar-refractivity contribution in [2.24, 2.45) is 0 Å². The number of anilines is 1. The molecule has 0 aliphatic carbocycles. The van der Waals surface area contributed by atoms with E-state index in [1.165, 1.54) is 11.5 Å². The molecule has 0 radical (unpaired) electrons. The lowest BCUT2D eigenvalue weighted by Gasteiger charge is -2.17. The predicted octanol–water partition coefficient (Wildman–Crippen LogP) is 2.90. The fourth-order valence-electron chi connectivity index (χ4n) is 1.13. The third-order valence-corrected chi connectivity index (χ3v) is 2.91. The molecule has 1 rings (SSSR count). The van der Waals surface area contributed by atoms with E-state index in [-0.39, 0.29) is 10.8 Å². The van der Waals surface area contributed by atoms with Gasteiger partial charge in [-0.2, -0.15) is 4.37 Å². The molecule has 1 aromatic rings. The van der Waals surface area contributed by atoms with Crippen molar-refractivity contribution in [2.75, 3.05) is 18.5 Å². The zero-order valence-corrected chi connectivity index (χ0v) is 11.5. The predicted molar refractivity (Wildman–Crippen MR) is 67.2 cm³/mol. The number of halogens is 1. The quantitative estimate of drug-likeness (QED) is 0.770. The second-order valence-corrected chi connectivity index (χ2v) is 6.29. The van der Waals surface area contributed by atoms with Gasteiger partial charge in [-0.05, 0) is 6.92 Å². The molecule has 0 aliphatic rings. The van der Waals surface area contributed by atoms with Gasteiger partial charge < -0.3 is 4.90 Å². The lowest BCUT2D eigenvalue weighted by atomic mass is 9.96. The molecule has 1 aromatic heterocycles. The first kappa shape index (κ1) is 12.7. The number of hydrogen-bond donors (Lipinski definition) is 0. The van der Waals surface area contributed by atoms with Gasteiger partial charge in [0.15, 0.2) is 0 Å². The van der Waals surface area contributed by atoms with Gasteiger partial charge in [-0.3, -0.25) is 0 Å². The largest absolute Gasteiger partial charge is 0.348 e. The van der Waals surface area contributed by atoms with Crippen LogP contribution < -0.4 is 4.90 Å². The standard InChI is InChI=1S/C10H18ClN3S/c1-7(11)6-14(5)9-12-8(13-15-9)10(2,3)4/h7H,6H2,1-5H3. The molecule has 0 aromatic carbocycles. The molecule has 15 heavy (non-hydrogen) atoms. The Balaban J connectivity index is 2.76. The number of alkyl halides is 1. The van der Waals surface area contributed by atoms with Crippen LogP contribution in [0.25, 0.3) is 0 Å². The summed E-state index contributed by atoms with van der Waals surface area (Å²) >= 11 is 7.37. The molecular weight excluding hydrogens is 230 g/mol. The summed E-state index contributed by atoms with van der Waals surface area (Å²) in [6, 6.07) is 0. The fourth-order valence-corrected chi connectivity index (χ4v) is 2.16. The van der Waals surface area contributed by atoms with Crippen molar-refractivity contribution < 1.29 is 0 Å². The Bertz CT molecular complexity index is 317. The van der Waals surface area contributed by atoms with Gasteiger partial charge in [-0.1, -0.05) is 20.8 Å². The van der Waals surface area contributed by atoms with E-state index >= 15 is 0 Å². The zero-order valence-electron chi connectivity index (χ0n) is 9.91. The molecular formula is C10H18ClN3S. The van der Waals surface area contributed by atoms with Crippen LogP contribution in [-0.2, 0) is 5.41 Å². The molecule has 1 unspecified atom stereocenters. The Morgan fingerprint density at radius 1 is 1.47 bits per heavy atom. The number of aromatic nitrogens is 2. The third kappa shape index (κ3) is 3.61. The molecule has 0 saturated carbocycles. The van der Waals surface area contributed by atoms with Crippen LogP contribution in [0.15, 0.2) is 0 Å². The molecule has 5 heteroatoms. The maximum absolute atomic E-state index is 5.93. The van der Waals surface area contributed by atoms with Crippen molar-refractivity contribution in [2.45, 2.75) is 38.5 Å². The maximum atomic E-state index is 5.93. The minimum absolute atomic E-state index is 0.0160. The van der Waals surface area contributed by atoms with Crippen molar-refractivity contribution >= 4 is 28.3 Å². The van der Waals surface area contributed by atoms with Crippen LogP contribution in [0.3, 0.4) is 0 Å². The first-order valence-corrected chi connectivity index (χ1v) is 6.21. The minimum atomic E-state index is 0.0160. The van der Waals surface area contributed by atoms with Crippen LogP contribution in [0.2, 0.25) is 0 Å². The van der Waals surface area contributed by atoms with Crippen molar-refractivity contribution in [3.8, 4) is 0 Å². The topological polar surface area (TPSA) is 29.0 Å². The molecule has 0 saturated heterocycles. The van der Waals surface area contributed by atoms with Gasteiger partial charge in [0.2, 0.25) is 5.13 Å². The number of hydrogen-bond acceptors (Lipinski definition) is 4. The number of rotatable bonds is 3. The highest BCUT2D eigenvalue weighted by molar-refractivity contribution is 7.09. The number of nitrogens with zero attached hydrogens (tertiary/aromatic N) is 3. The summed E-state index contributed by atoms with van der Waals surface area (Å²) in [5, 5.41) is 1.06. The van der Waals surface area contributed by atoms with Gasteiger partial charge in [-0.25, -0.2) is 4.98 Å². The third-order valence-electron chi connectivity index (χ3n) is 1.94. The van der Waals surface area contributed by atoms with Crippen LogP contribution >= 0.6 is 23.1 Å². The second kappa shape index (κ2) is 4.66. The lowest BCUT2D eigenvalue weighted by molar-refractivity contribution is 0.554. The Kier molecular flexibility index (Phi) is 3.95. The van der Waals surface area contributed by atoms with Crippen LogP contribution in [0.4, 0.5) is 5.13 Å². The molecule has 86 valence electrons. The first-order valence-electron chi connectivity index (χ1n) is 5.00. The van der Waals surface area contributed by atoms with E-state index in [9.17, 15) is 0 Å². The van der Waals surface area contributed by atoms with Crippen molar-refractivity contribution in [1.29, 1.82) is 0 Å². The highest BCUT2D eigenvalue weighted by atomic mass is 35.5. The SMILES string of the molecule is CC(Cl)CN(C)c1nc(C(C)(C)C)ns1. The normalized spacial score (nSPS) is 14.0. The van der Waals surface area contributed by atoms with E-state index in [0.29, 0.717) is 0 Å². The molecule has 3 nitrogen and oxygen atoms in total. The highest BCUT2D eigenvalue weighted by Gasteiger charge is 2.20. The zero-order chi connectivity index (χ0) is 11.6. The molecule has 0 bridgehead atoms. The first-order chi connectivity index (χ1) is 6.80. The van der Waals surface area contributed by atoms with Crippen molar-refractivity contribution in [1.82, 2.24) is 9.36 Å². The lowest BCUT2D eigenvalue weighted by Crippen LogP contribution is -2.24. The Labute approximate surface area is 101 Å². The van der Waals surface area contributed by atoms with Gasteiger partial charge in [-0.15, -0.1) is 11.6 Å². The summed E-state index contributed by atoms with van der Waals surface area (Å²) in [5.74, 6) is 0.900. The van der Waals surface area contributed by atoms with E-state index in [2.05, 4.69) is 30.1 Å². The van der Waals surface area contributed by atoms with Crippen molar-refractivity contribution in [3.63, 3.8) is 0 Å². The average molecular weight is 248 g/mol. The maximum Gasteiger partial charge on any atom is 0.205 e. The molecule has 0 aliphatic heterocycles. The molecule has 1 heterocycles. The highest BCUT2D eigenvalue weighted by Crippen LogP contribution is 2.24. The summed E-state index contributed by atoms with van der Waals surface area (Å²) in [7, 11) is 1.99. The van der Waals surface area contributed by atoms with Crippen molar-refractivity contribution in [3.05, 3.63) is 5.82 Å². The van der Waals surface area contributed by atoms with E-state index in [1.54, 1.807) is 0 Å². The molecule has 0 N–H and O–H groups in total. The molecule has 0 spiro atoms. The summed E-state index contributed by atoms with van der Waals surface area (Å²) in [5.41, 5.74) is 0.0160. The van der Waals surface area contributed by atoms with E-state index in [0.717, 1.165) is 17.5 Å². The van der Waals surface area contributed by atoms with Gasteiger partial charge in [0.05, 0.1) is 0 Å². The van der Waals surface area contributed by atoms with Crippen LogP contribution in [0, 0.1) is 0 Å². The Morgan fingerprint density at radius 3 is 2.47 bits per heavy atom. The van der Waals surface area contributed by atoms with Crippen LogP contribution in [0.5, 0.6) is 0 Å². The molecule has 1 atom stereocenters. The average Bonchev–Trinajstić information content (AvgIpc) is 2.48. The van der Waals surface area contributed by atoms with Gasteiger partial charge in [0.25, 0.3) is 0 Å². The van der Waals surface area contributed by atoms with Gasteiger partial charge in [0, 0.05) is 35.9 Å². The fraction of sp³-hybridized carbons (Fsp3) is 0.800. The summed E-state index contributed by atoms with van der Waals surface area (Å²) < 4.78 is 4.36. The summed E-state index contributed by atoms with van der Waals surface area (Å²) in [6.45, 7) is 9.11. The second-order valence-electron chi connectivity index (χ2n) is 4.81. The summed E-state index contributed by atoms with van der Waals surface area (Å²) in [4.78, 5) is 6.56. The van der Waals surface area contributed by atoms with Gasteiger partial charge in [0.1, 0.15) is 5.82 Å². The Morgan fingerprint density at radius 2 is 2.07 bits per heavy atom. The van der Waals surface area contributed by atoms with Crippen LogP contribution in [0.1, 0.15) is 33.5 Å². The minimum Gasteiger partial charge on any atom is -0.348 e. The molecule has 0 fully saturated rings. The van der Waals surface area contributed by atoms with E-state index < -0.39 is 0 Å². The van der Waals surface area contributed by atoms with Gasteiger partial charge >= 0.3 is 0 Å². The Hall–Kier alpha value is -0.350. The van der Waals surface area contributed by atoms with Crippen LogP contribution in [-0.4, -0.2) is 28.3 Å².